The van der Waals surface area contributed by atoms with Gasteiger partial charge in [-0.05, 0) is 33.2 Å². The van der Waals surface area contributed by atoms with Crippen LogP contribution in [-0.4, -0.2) is 61.1 Å². The molecular weight excluding hydrogens is 339 g/mol. The monoisotopic (exact) mass is 366 g/mol. The molecule has 0 aromatic heterocycles. The molecule has 0 amide bonds. The SMILES string of the molecule is CC1CCCCN1C(C)CNC1=NCCN1C.I. The summed E-state index contributed by atoms with van der Waals surface area (Å²) in [5.41, 5.74) is 0. The molecule has 1 fully saturated rings. The van der Waals surface area contributed by atoms with Gasteiger partial charge in [-0.15, -0.1) is 24.0 Å². The van der Waals surface area contributed by atoms with Crippen LogP contribution in [0.3, 0.4) is 0 Å². The zero-order valence-electron chi connectivity index (χ0n) is 11.9. The van der Waals surface area contributed by atoms with Crippen LogP contribution in [0.15, 0.2) is 4.99 Å². The Labute approximate surface area is 128 Å². The number of hydrogen-bond acceptors (Lipinski definition) is 4. The highest BCUT2D eigenvalue weighted by atomic mass is 127. The molecule has 5 heteroatoms. The zero-order chi connectivity index (χ0) is 12.3. The molecule has 0 aromatic rings. The lowest BCUT2D eigenvalue weighted by molar-refractivity contribution is 0.115. The number of aliphatic imine (C=N–C) groups is 1. The molecule has 2 aliphatic heterocycles. The van der Waals surface area contributed by atoms with Gasteiger partial charge in [0.25, 0.3) is 0 Å². The minimum atomic E-state index is 0. The van der Waals surface area contributed by atoms with Crippen molar-refractivity contribution in [1.29, 1.82) is 0 Å². The summed E-state index contributed by atoms with van der Waals surface area (Å²) in [5.74, 6) is 1.07. The molecule has 0 bridgehead atoms. The van der Waals surface area contributed by atoms with Gasteiger partial charge in [-0.1, -0.05) is 6.42 Å². The summed E-state index contributed by atoms with van der Waals surface area (Å²) in [7, 11) is 2.10. The van der Waals surface area contributed by atoms with E-state index in [2.05, 4.69) is 41.0 Å². The van der Waals surface area contributed by atoms with Crippen molar-refractivity contribution in [3.05, 3.63) is 0 Å². The fourth-order valence-corrected chi connectivity index (χ4v) is 2.85. The quantitative estimate of drug-likeness (QED) is 0.773. The van der Waals surface area contributed by atoms with E-state index >= 15 is 0 Å². The van der Waals surface area contributed by atoms with Crippen molar-refractivity contribution < 1.29 is 0 Å². The second-order valence-electron chi connectivity index (χ2n) is 5.44. The molecule has 2 unspecified atom stereocenters. The lowest BCUT2D eigenvalue weighted by atomic mass is 10.0. The summed E-state index contributed by atoms with van der Waals surface area (Å²) in [6.07, 6.45) is 4.11. The molecule has 0 spiro atoms. The minimum Gasteiger partial charge on any atom is -0.355 e. The van der Waals surface area contributed by atoms with Gasteiger partial charge < -0.3 is 10.2 Å². The molecule has 0 radical (unpaired) electrons. The Morgan fingerprint density at radius 2 is 2.17 bits per heavy atom. The van der Waals surface area contributed by atoms with Gasteiger partial charge in [-0.25, -0.2) is 0 Å². The van der Waals surface area contributed by atoms with Gasteiger partial charge in [-0.3, -0.25) is 9.89 Å². The fourth-order valence-electron chi connectivity index (χ4n) is 2.85. The Morgan fingerprint density at radius 3 is 2.78 bits per heavy atom. The van der Waals surface area contributed by atoms with Crippen molar-refractivity contribution in [3.63, 3.8) is 0 Å². The van der Waals surface area contributed by atoms with E-state index in [0.717, 1.165) is 31.6 Å². The van der Waals surface area contributed by atoms with Gasteiger partial charge in [0.1, 0.15) is 0 Å². The Hall–Kier alpha value is -0.0400. The molecule has 106 valence electrons. The summed E-state index contributed by atoms with van der Waals surface area (Å²) in [6.45, 7) is 8.93. The summed E-state index contributed by atoms with van der Waals surface area (Å²) in [4.78, 5) is 9.30. The van der Waals surface area contributed by atoms with Crippen LogP contribution in [0.2, 0.25) is 0 Å². The smallest absolute Gasteiger partial charge is 0.193 e. The number of halogens is 1. The largest absolute Gasteiger partial charge is 0.355 e. The van der Waals surface area contributed by atoms with Crippen LogP contribution in [0.4, 0.5) is 0 Å². The van der Waals surface area contributed by atoms with Crippen molar-refractivity contribution in [2.75, 3.05) is 33.2 Å². The van der Waals surface area contributed by atoms with E-state index in [1.165, 1.54) is 25.8 Å². The number of rotatable bonds is 3. The standard InChI is InChI=1S/C13H26N4.HI/c1-11-6-4-5-8-17(11)12(2)10-15-13-14-7-9-16(13)3;/h11-12H,4-10H2,1-3H3,(H,14,15);1H. The van der Waals surface area contributed by atoms with Crippen molar-refractivity contribution in [3.8, 4) is 0 Å². The maximum Gasteiger partial charge on any atom is 0.193 e. The Bertz CT molecular complexity index is 282. The number of guanidine groups is 1. The highest BCUT2D eigenvalue weighted by molar-refractivity contribution is 14.0. The second kappa shape index (κ2) is 7.53. The van der Waals surface area contributed by atoms with Crippen LogP contribution < -0.4 is 5.32 Å². The zero-order valence-corrected chi connectivity index (χ0v) is 14.2. The van der Waals surface area contributed by atoms with Crippen LogP contribution in [0, 0.1) is 0 Å². The lowest BCUT2D eigenvalue weighted by Gasteiger charge is -2.38. The average Bonchev–Trinajstić information content (AvgIpc) is 2.72. The van der Waals surface area contributed by atoms with E-state index in [-0.39, 0.29) is 24.0 Å². The highest BCUT2D eigenvalue weighted by Crippen LogP contribution is 2.18. The van der Waals surface area contributed by atoms with Gasteiger partial charge in [0.2, 0.25) is 0 Å². The van der Waals surface area contributed by atoms with Gasteiger partial charge in [0.15, 0.2) is 5.96 Å². The summed E-state index contributed by atoms with van der Waals surface area (Å²) >= 11 is 0. The summed E-state index contributed by atoms with van der Waals surface area (Å²) in [6, 6.07) is 1.34. The first kappa shape index (κ1) is 16.0. The number of hydrogen-bond donors (Lipinski definition) is 1. The highest BCUT2D eigenvalue weighted by Gasteiger charge is 2.23. The predicted molar refractivity (Wildman–Crippen MR) is 87.8 cm³/mol. The third-order valence-electron chi connectivity index (χ3n) is 4.03. The van der Waals surface area contributed by atoms with E-state index in [1.54, 1.807) is 0 Å². The second-order valence-corrected chi connectivity index (χ2v) is 5.44. The number of piperidine rings is 1. The maximum absolute atomic E-state index is 4.47. The molecule has 0 aliphatic carbocycles. The van der Waals surface area contributed by atoms with E-state index in [0.29, 0.717) is 6.04 Å². The van der Waals surface area contributed by atoms with Gasteiger partial charge in [0.05, 0.1) is 6.54 Å². The third-order valence-corrected chi connectivity index (χ3v) is 4.03. The molecular formula is C13H27IN4. The molecule has 1 saturated heterocycles. The normalized spacial score (nSPS) is 26.5. The predicted octanol–water partition coefficient (Wildman–Crippen LogP) is 1.76. The average molecular weight is 366 g/mol. The van der Waals surface area contributed by atoms with Crippen molar-refractivity contribution in [2.45, 2.75) is 45.2 Å². The lowest BCUT2D eigenvalue weighted by Crippen LogP contribution is -2.49. The van der Waals surface area contributed by atoms with Crippen LogP contribution in [-0.2, 0) is 0 Å². The molecule has 4 nitrogen and oxygen atoms in total. The molecule has 2 atom stereocenters. The molecule has 1 N–H and O–H groups in total. The van der Waals surface area contributed by atoms with Crippen LogP contribution in [0.1, 0.15) is 33.1 Å². The third kappa shape index (κ3) is 3.98. The van der Waals surface area contributed by atoms with E-state index < -0.39 is 0 Å². The minimum absolute atomic E-state index is 0. The molecule has 2 rings (SSSR count). The summed E-state index contributed by atoms with van der Waals surface area (Å²) in [5, 5.41) is 3.48. The van der Waals surface area contributed by atoms with Crippen molar-refractivity contribution in [1.82, 2.24) is 15.1 Å². The maximum atomic E-state index is 4.47. The summed E-state index contributed by atoms with van der Waals surface area (Å²) < 4.78 is 0. The Balaban J connectivity index is 0.00000162. The van der Waals surface area contributed by atoms with E-state index in [4.69, 9.17) is 0 Å². The van der Waals surface area contributed by atoms with Gasteiger partial charge >= 0.3 is 0 Å². The first-order valence-corrected chi connectivity index (χ1v) is 6.93. The van der Waals surface area contributed by atoms with Gasteiger partial charge in [0, 0.05) is 32.2 Å². The number of likely N-dealkylation sites (tertiary alicyclic amines) is 1. The van der Waals surface area contributed by atoms with Crippen LogP contribution in [0.5, 0.6) is 0 Å². The topological polar surface area (TPSA) is 30.9 Å². The van der Waals surface area contributed by atoms with Crippen LogP contribution in [0.25, 0.3) is 0 Å². The Kier molecular flexibility index (Phi) is 6.70. The first-order valence-electron chi connectivity index (χ1n) is 6.93. The van der Waals surface area contributed by atoms with Crippen molar-refractivity contribution in [2.24, 2.45) is 4.99 Å². The molecule has 2 heterocycles. The Morgan fingerprint density at radius 1 is 1.39 bits per heavy atom. The van der Waals surface area contributed by atoms with E-state index in [9.17, 15) is 0 Å². The first-order chi connectivity index (χ1) is 8.18. The number of likely N-dealkylation sites (N-methyl/N-ethyl adjacent to an activating group) is 1. The number of nitrogens with one attached hydrogen (secondary N) is 1. The number of nitrogens with zero attached hydrogens (tertiary/aromatic N) is 3. The molecule has 18 heavy (non-hydrogen) atoms. The fraction of sp³-hybridized carbons (Fsp3) is 0.923. The molecule has 0 saturated carbocycles. The van der Waals surface area contributed by atoms with E-state index in [1.807, 2.05) is 0 Å². The van der Waals surface area contributed by atoms with Crippen LogP contribution >= 0.6 is 24.0 Å². The molecule has 2 aliphatic rings. The van der Waals surface area contributed by atoms with Crippen molar-refractivity contribution >= 4 is 29.9 Å². The van der Waals surface area contributed by atoms with Gasteiger partial charge in [-0.2, -0.15) is 0 Å². The molecule has 0 aromatic carbocycles.